The van der Waals surface area contributed by atoms with Crippen LogP contribution in [0, 0.1) is 10.7 Å². The van der Waals surface area contributed by atoms with E-state index in [-0.39, 0.29) is 0 Å². The summed E-state index contributed by atoms with van der Waals surface area (Å²) in [6.45, 7) is 0. The van der Waals surface area contributed by atoms with Gasteiger partial charge in [0.25, 0.3) is 0 Å². The van der Waals surface area contributed by atoms with Gasteiger partial charge in [-0.05, 0) is 29.3 Å². The van der Waals surface area contributed by atoms with Gasteiger partial charge < -0.3 is 0 Å². The molecule has 0 bridgehead atoms. The van der Waals surface area contributed by atoms with Gasteiger partial charge in [0.15, 0.2) is 0 Å². The smallest absolute Gasteiger partial charge is 0.138 e. The molecule has 1 aliphatic carbocycles. The molecule has 0 spiro atoms. The Morgan fingerprint density at radius 2 is 2.17 bits per heavy atom. The summed E-state index contributed by atoms with van der Waals surface area (Å²) in [5.74, 6) is 0. The molecule has 1 nitrogen and oxygen atoms in total. The third kappa shape index (κ3) is 1.13. The minimum atomic E-state index is 0.972. The van der Waals surface area contributed by atoms with Crippen LogP contribution in [0.1, 0.15) is 11.1 Å². The highest BCUT2D eigenvalue weighted by Gasteiger charge is 2.12. The van der Waals surface area contributed by atoms with Gasteiger partial charge in [-0.2, -0.15) is 5.26 Å². The first kappa shape index (κ1) is 7.45. The summed E-state index contributed by atoms with van der Waals surface area (Å²) in [5.41, 5.74) is 2.55. The number of thiocyanates is 1. The van der Waals surface area contributed by atoms with Gasteiger partial charge in [0.1, 0.15) is 5.40 Å². The Kier molecular flexibility index (Phi) is 1.89. The standard InChI is InChI=1S/C10H7NS/c11-7-12-10-6-5-8-3-1-2-4-9(8)10/h1-4,6H,5H2. The van der Waals surface area contributed by atoms with E-state index in [2.05, 4.69) is 23.6 Å². The maximum Gasteiger partial charge on any atom is 0.138 e. The van der Waals surface area contributed by atoms with Crippen LogP contribution < -0.4 is 0 Å². The van der Waals surface area contributed by atoms with Gasteiger partial charge in [0.2, 0.25) is 0 Å². The van der Waals surface area contributed by atoms with E-state index in [4.69, 9.17) is 5.26 Å². The number of allylic oxidation sites excluding steroid dienone is 1. The maximum absolute atomic E-state index is 8.52. The molecule has 0 unspecified atom stereocenters. The van der Waals surface area contributed by atoms with Gasteiger partial charge in [-0.1, -0.05) is 30.3 Å². The van der Waals surface area contributed by atoms with Crippen LogP contribution in [-0.2, 0) is 6.42 Å². The average Bonchev–Trinajstić information content (AvgIpc) is 2.50. The average molecular weight is 173 g/mol. The number of thioether (sulfide) groups is 1. The number of nitriles is 1. The molecule has 0 atom stereocenters. The van der Waals surface area contributed by atoms with Crippen LogP contribution in [0.4, 0.5) is 0 Å². The molecular formula is C10H7NS. The van der Waals surface area contributed by atoms with Crippen molar-refractivity contribution in [3.05, 3.63) is 41.5 Å². The fourth-order valence-electron chi connectivity index (χ4n) is 1.40. The number of nitrogens with zero attached hydrogens (tertiary/aromatic N) is 1. The van der Waals surface area contributed by atoms with Crippen LogP contribution in [0.25, 0.3) is 4.91 Å². The SMILES string of the molecule is N#CSC1=CCc2ccccc21. The molecule has 0 saturated heterocycles. The molecule has 2 heteroatoms. The fourth-order valence-corrected chi connectivity index (χ4v) is 1.97. The molecule has 0 radical (unpaired) electrons. The largest absolute Gasteiger partial charge is 0.185 e. The zero-order valence-electron chi connectivity index (χ0n) is 6.45. The Morgan fingerprint density at radius 1 is 1.33 bits per heavy atom. The van der Waals surface area contributed by atoms with Crippen LogP contribution >= 0.6 is 11.8 Å². The third-order valence-corrected chi connectivity index (χ3v) is 2.64. The highest BCUT2D eigenvalue weighted by molar-refractivity contribution is 8.12. The Hall–Kier alpha value is -1.20. The van der Waals surface area contributed by atoms with E-state index in [1.54, 1.807) is 0 Å². The van der Waals surface area contributed by atoms with Gasteiger partial charge in [-0.25, -0.2) is 0 Å². The minimum Gasteiger partial charge on any atom is -0.185 e. The normalized spacial score (nSPS) is 13.4. The van der Waals surface area contributed by atoms with Crippen molar-refractivity contribution in [2.24, 2.45) is 0 Å². The van der Waals surface area contributed by atoms with E-state index in [0.29, 0.717) is 0 Å². The summed E-state index contributed by atoms with van der Waals surface area (Å²) in [6.07, 6.45) is 3.08. The predicted molar refractivity (Wildman–Crippen MR) is 51.3 cm³/mol. The molecule has 0 fully saturated rings. The Labute approximate surface area is 75.7 Å². The van der Waals surface area contributed by atoms with Crippen molar-refractivity contribution in [2.45, 2.75) is 6.42 Å². The fraction of sp³-hybridized carbons (Fsp3) is 0.100. The molecule has 0 amide bonds. The van der Waals surface area contributed by atoms with E-state index in [0.717, 1.165) is 11.3 Å². The Morgan fingerprint density at radius 3 is 3.00 bits per heavy atom. The quantitative estimate of drug-likeness (QED) is 0.610. The van der Waals surface area contributed by atoms with Crippen molar-refractivity contribution in [3.8, 4) is 5.40 Å². The number of fused-ring (bicyclic) bond motifs is 1. The van der Waals surface area contributed by atoms with E-state index in [9.17, 15) is 0 Å². The Balaban J connectivity index is 2.40. The predicted octanol–water partition coefficient (Wildman–Crippen LogP) is 2.80. The topological polar surface area (TPSA) is 23.8 Å². The first-order valence-electron chi connectivity index (χ1n) is 3.76. The van der Waals surface area contributed by atoms with Crippen molar-refractivity contribution in [1.29, 1.82) is 5.26 Å². The number of hydrogen-bond acceptors (Lipinski definition) is 2. The van der Waals surface area contributed by atoms with Crippen molar-refractivity contribution in [3.63, 3.8) is 0 Å². The van der Waals surface area contributed by atoms with Gasteiger partial charge in [-0.3, -0.25) is 0 Å². The summed E-state index contributed by atoms with van der Waals surface area (Å²) in [4.78, 5) is 1.10. The molecule has 0 N–H and O–H groups in total. The summed E-state index contributed by atoms with van der Waals surface area (Å²) < 4.78 is 0. The van der Waals surface area contributed by atoms with Crippen molar-refractivity contribution in [2.75, 3.05) is 0 Å². The van der Waals surface area contributed by atoms with E-state index in [1.165, 1.54) is 22.9 Å². The van der Waals surface area contributed by atoms with Crippen LogP contribution in [-0.4, -0.2) is 0 Å². The molecule has 0 aliphatic heterocycles. The molecule has 0 saturated carbocycles. The minimum absolute atomic E-state index is 0.972. The number of hydrogen-bond donors (Lipinski definition) is 0. The van der Waals surface area contributed by atoms with Crippen molar-refractivity contribution < 1.29 is 0 Å². The van der Waals surface area contributed by atoms with Gasteiger partial charge >= 0.3 is 0 Å². The lowest BCUT2D eigenvalue weighted by atomic mass is 10.1. The first-order valence-corrected chi connectivity index (χ1v) is 4.58. The van der Waals surface area contributed by atoms with E-state index >= 15 is 0 Å². The summed E-state index contributed by atoms with van der Waals surface area (Å²) in [5, 5.41) is 10.6. The molecule has 1 aromatic carbocycles. The van der Waals surface area contributed by atoms with Crippen LogP contribution in [0.3, 0.4) is 0 Å². The molecule has 58 valence electrons. The molecular weight excluding hydrogens is 166 g/mol. The highest BCUT2D eigenvalue weighted by atomic mass is 32.2. The lowest BCUT2D eigenvalue weighted by molar-refractivity contribution is 1.31. The van der Waals surface area contributed by atoms with E-state index in [1.807, 2.05) is 12.1 Å². The van der Waals surface area contributed by atoms with Gasteiger partial charge in [-0.15, -0.1) is 0 Å². The molecule has 2 rings (SSSR count). The van der Waals surface area contributed by atoms with Crippen LogP contribution in [0.15, 0.2) is 30.3 Å². The first-order chi connectivity index (χ1) is 5.92. The van der Waals surface area contributed by atoms with E-state index < -0.39 is 0 Å². The highest BCUT2D eigenvalue weighted by Crippen LogP contribution is 2.34. The number of benzene rings is 1. The summed E-state index contributed by atoms with van der Waals surface area (Å²) in [7, 11) is 0. The second-order valence-electron chi connectivity index (χ2n) is 2.62. The second-order valence-corrected chi connectivity index (χ2v) is 3.45. The third-order valence-electron chi connectivity index (χ3n) is 1.95. The monoisotopic (exact) mass is 173 g/mol. The van der Waals surface area contributed by atoms with Crippen LogP contribution in [0.2, 0.25) is 0 Å². The molecule has 0 aromatic heterocycles. The maximum atomic E-state index is 8.52. The summed E-state index contributed by atoms with van der Waals surface area (Å²) in [6, 6.07) is 8.22. The summed E-state index contributed by atoms with van der Waals surface area (Å²) >= 11 is 1.25. The lowest BCUT2D eigenvalue weighted by Gasteiger charge is -1.98. The van der Waals surface area contributed by atoms with Crippen molar-refractivity contribution >= 4 is 16.7 Å². The molecule has 1 aliphatic rings. The van der Waals surface area contributed by atoms with Crippen LogP contribution in [0.5, 0.6) is 0 Å². The second kappa shape index (κ2) is 3.04. The molecule has 0 heterocycles. The van der Waals surface area contributed by atoms with Gasteiger partial charge in [0, 0.05) is 4.91 Å². The Bertz CT molecular complexity index is 374. The zero-order chi connectivity index (χ0) is 8.39. The van der Waals surface area contributed by atoms with Gasteiger partial charge in [0.05, 0.1) is 0 Å². The van der Waals surface area contributed by atoms with Crippen molar-refractivity contribution in [1.82, 2.24) is 0 Å². The zero-order valence-corrected chi connectivity index (χ0v) is 7.27. The number of rotatable bonds is 1. The lowest BCUT2D eigenvalue weighted by Crippen LogP contribution is -1.79. The molecule has 1 aromatic rings. The molecule has 12 heavy (non-hydrogen) atoms.